The maximum Gasteiger partial charge on any atom is 0.410 e. The molecular formula is C17H21NO3. The molecule has 1 atom stereocenters. The molecule has 1 aromatic rings. The summed E-state index contributed by atoms with van der Waals surface area (Å²) in [7, 11) is 1.63. The topological polar surface area (TPSA) is 38.8 Å². The lowest BCUT2D eigenvalue weighted by Crippen LogP contribution is -2.37. The van der Waals surface area contributed by atoms with E-state index in [-0.39, 0.29) is 6.09 Å². The lowest BCUT2D eigenvalue weighted by atomic mass is 10.0. The molecule has 0 N–H and O–H groups in total. The van der Waals surface area contributed by atoms with Crippen LogP contribution in [0, 0.1) is 5.92 Å². The lowest BCUT2D eigenvalue weighted by Gasteiger charge is -2.27. The third-order valence-corrected chi connectivity index (χ3v) is 3.32. The standard InChI is InChI=1S/C17H21NO3/c1-20-12-6-10-15-9-5-11-18(13-15)17(19)21-14-16-7-3-2-4-8-16/h2-9,12,15H,10-11,13-14H2,1H3/b12-6+/t15-/m1/s1. The first-order valence-electron chi connectivity index (χ1n) is 7.09. The van der Waals surface area contributed by atoms with Gasteiger partial charge in [-0.1, -0.05) is 42.5 Å². The van der Waals surface area contributed by atoms with Crippen molar-refractivity contribution in [2.75, 3.05) is 20.2 Å². The first-order valence-corrected chi connectivity index (χ1v) is 7.09. The van der Waals surface area contributed by atoms with Crippen LogP contribution in [0.1, 0.15) is 12.0 Å². The van der Waals surface area contributed by atoms with Crippen LogP contribution in [0.3, 0.4) is 0 Å². The average molecular weight is 287 g/mol. The molecule has 0 aromatic heterocycles. The third kappa shape index (κ3) is 4.99. The van der Waals surface area contributed by atoms with E-state index >= 15 is 0 Å². The smallest absolute Gasteiger partial charge is 0.410 e. The van der Waals surface area contributed by atoms with Gasteiger partial charge in [0, 0.05) is 13.1 Å². The van der Waals surface area contributed by atoms with Crippen LogP contribution in [-0.2, 0) is 16.1 Å². The van der Waals surface area contributed by atoms with Crippen molar-refractivity contribution in [1.29, 1.82) is 0 Å². The highest BCUT2D eigenvalue weighted by Crippen LogP contribution is 2.15. The molecule has 0 spiro atoms. The Balaban J connectivity index is 1.80. The number of hydrogen-bond donors (Lipinski definition) is 0. The minimum atomic E-state index is -0.260. The van der Waals surface area contributed by atoms with Gasteiger partial charge in [-0.15, -0.1) is 0 Å². The Morgan fingerprint density at radius 2 is 2.19 bits per heavy atom. The van der Waals surface area contributed by atoms with Crippen LogP contribution in [0.25, 0.3) is 0 Å². The number of carbonyl (C=O) groups excluding carboxylic acids is 1. The fourth-order valence-electron chi connectivity index (χ4n) is 2.24. The van der Waals surface area contributed by atoms with Crippen molar-refractivity contribution in [2.24, 2.45) is 5.92 Å². The summed E-state index contributed by atoms with van der Waals surface area (Å²) >= 11 is 0. The van der Waals surface area contributed by atoms with E-state index in [2.05, 4.69) is 6.08 Å². The SMILES string of the molecule is CO/C=C/C[C@H]1C=CCN(C(=O)OCc2ccccc2)C1. The van der Waals surface area contributed by atoms with Crippen LogP contribution >= 0.6 is 0 Å². The molecule has 112 valence electrons. The fraction of sp³-hybridized carbons (Fsp3) is 0.353. The molecule has 4 heteroatoms. The zero-order valence-electron chi connectivity index (χ0n) is 12.3. The molecule has 1 heterocycles. The van der Waals surface area contributed by atoms with Crippen molar-refractivity contribution in [3.63, 3.8) is 0 Å². The van der Waals surface area contributed by atoms with Gasteiger partial charge in [0.05, 0.1) is 13.4 Å². The molecule has 0 aliphatic carbocycles. The normalized spacial score (nSPS) is 18.0. The second-order valence-corrected chi connectivity index (χ2v) is 4.98. The molecule has 0 saturated heterocycles. The molecule has 0 unspecified atom stereocenters. The van der Waals surface area contributed by atoms with E-state index in [1.54, 1.807) is 18.3 Å². The minimum Gasteiger partial charge on any atom is -0.505 e. The minimum absolute atomic E-state index is 0.260. The highest BCUT2D eigenvalue weighted by molar-refractivity contribution is 5.68. The van der Waals surface area contributed by atoms with Gasteiger partial charge >= 0.3 is 6.09 Å². The van der Waals surface area contributed by atoms with Crippen molar-refractivity contribution >= 4 is 6.09 Å². The number of nitrogens with zero attached hydrogens (tertiary/aromatic N) is 1. The number of ether oxygens (including phenoxy) is 2. The first kappa shape index (κ1) is 15.2. The Hall–Kier alpha value is -2.23. The first-order chi connectivity index (χ1) is 10.3. The summed E-state index contributed by atoms with van der Waals surface area (Å²) in [6, 6.07) is 9.71. The summed E-state index contributed by atoms with van der Waals surface area (Å²) in [4.78, 5) is 13.8. The van der Waals surface area contributed by atoms with E-state index < -0.39 is 0 Å². The number of hydrogen-bond acceptors (Lipinski definition) is 3. The zero-order valence-corrected chi connectivity index (χ0v) is 12.3. The van der Waals surface area contributed by atoms with E-state index in [1.807, 2.05) is 42.5 Å². The molecule has 0 fully saturated rings. The predicted octanol–water partition coefficient (Wildman–Crippen LogP) is 3.36. The Bertz CT molecular complexity index is 496. The number of allylic oxidation sites excluding steroid dienone is 1. The Morgan fingerprint density at radius 3 is 2.95 bits per heavy atom. The van der Waals surface area contributed by atoms with Crippen molar-refractivity contribution in [2.45, 2.75) is 13.0 Å². The van der Waals surface area contributed by atoms with Gasteiger partial charge in [-0.25, -0.2) is 4.79 Å². The average Bonchev–Trinajstić information content (AvgIpc) is 2.54. The van der Waals surface area contributed by atoms with Crippen LogP contribution in [-0.4, -0.2) is 31.2 Å². The predicted molar refractivity (Wildman–Crippen MR) is 81.6 cm³/mol. The monoisotopic (exact) mass is 287 g/mol. The van der Waals surface area contributed by atoms with Crippen LogP contribution < -0.4 is 0 Å². The summed E-state index contributed by atoms with van der Waals surface area (Å²) in [6.07, 6.45) is 8.38. The quantitative estimate of drug-likeness (QED) is 0.615. The molecule has 0 bridgehead atoms. The van der Waals surface area contributed by atoms with Gasteiger partial charge in [-0.3, -0.25) is 0 Å². The van der Waals surface area contributed by atoms with Gasteiger partial charge in [0.1, 0.15) is 6.61 Å². The second-order valence-electron chi connectivity index (χ2n) is 4.98. The van der Waals surface area contributed by atoms with Crippen LogP contribution in [0.5, 0.6) is 0 Å². The molecule has 1 aliphatic rings. The molecule has 21 heavy (non-hydrogen) atoms. The lowest BCUT2D eigenvalue weighted by molar-refractivity contribution is 0.0948. The summed E-state index contributed by atoms with van der Waals surface area (Å²) in [5.41, 5.74) is 0.998. The summed E-state index contributed by atoms with van der Waals surface area (Å²) in [5.74, 6) is 0.314. The van der Waals surface area contributed by atoms with E-state index in [0.29, 0.717) is 25.6 Å². The van der Waals surface area contributed by atoms with E-state index in [9.17, 15) is 4.79 Å². The van der Waals surface area contributed by atoms with Gasteiger partial charge in [0.2, 0.25) is 0 Å². The molecule has 2 rings (SSSR count). The molecule has 1 aromatic carbocycles. The van der Waals surface area contributed by atoms with Crippen molar-refractivity contribution in [1.82, 2.24) is 4.90 Å². The van der Waals surface area contributed by atoms with Crippen LogP contribution in [0.4, 0.5) is 4.79 Å². The van der Waals surface area contributed by atoms with Gasteiger partial charge in [-0.05, 0) is 24.0 Å². The number of carbonyl (C=O) groups is 1. The molecule has 1 amide bonds. The number of benzene rings is 1. The van der Waals surface area contributed by atoms with Gasteiger partial charge < -0.3 is 14.4 Å². The van der Waals surface area contributed by atoms with Gasteiger partial charge in [0.15, 0.2) is 0 Å². The molecule has 4 nitrogen and oxygen atoms in total. The van der Waals surface area contributed by atoms with E-state index in [1.165, 1.54) is 0 Å². The van der Waals surface area contributed by atoms with Crippen molar-refractivity contribution in [3.05, 3.63) is 60.4 Å². The van der Waals surface area contributed by atoms with Gasteiger partial charge in [-0.2, -0.15) is 0 Å². The molecule has 1 aliphatic heterocycles. The van der Waals surface area contributed by atoms with Crippen molar-refractivity contribution < 1.29 is 14.3 Å². The Kier molecular flexibility index (Phi) is 5.88. The van der Waals surface area contributed by atoms with E-state index in [4.69, 9.17) is 9.47 Å². The molecular weight excluding hydrogens is 266 g/mol. The molecule has 0 radical (unpaired) electrons. The number of methoxy groups -OCH3 is 1. The van der Waals surface area contributed by atoms with E-state index in [0.717, 1.165) is 12.0 Å². The Morgan fingerprint density at radius 1 is 1.38 bits per heavy atom. The zero-order chi connectivity index (χ0) is 14.9. The largest absolute Gasteiger partial charge is 0.505 e. The summed E-state index contributed by atoms with van der Waals surface area (Å²) < 4.78 is 10.2. The Labute approximate surface area is 125 Å². The summed E-state index contributed by atoms with van der Waals surface area (Å²) in [6.45, 7) is 1.60. The van der Waals surface area contributed by atoms with Gasteiger partial charge in [0.25, 0.3) is 0 Å². The molecule has 0 saturated carbocycles. The third-order valence-electron chi connectivity index (χ3n) is 3.32. The van der Waals surface area contributed by atoms with Crippen molar-refractivity contribution in [3.8, 4) is 0 Å². The van der Waals surface area contributed by atoms with Crippen LogP contribution in [0.2, 0.25) is 0 Å². The maximum absolute atomic E-state index is 12.1. The summed E-state index contributed by atoms with van der Waals surface area (Å²) in [5, 5.41) is 0. The highest BCUT2D eigenvalue weighted by Gasteiger charge is 2.20. The second kappa shape index (κ2) is 8.15. The fourth-order valence-corrected chi connectivity index (χ4v) is 2.24. The highest BCUT2D eigenvalue weighted by atomic mass is 16.6. The maximum atomic E-state index is 12.1. The number of rotatable bonds is 5. The number of amides is 1. The van der Waals surface area contributed by atoms with Crippen LogP contribution in [0.15, 0.2) is 54.8 Å².